The van der Waals surface area contributed by atoms with Crippen molar-refractivity contribution in [3.8, 4) is 0 Å². The molecule has 3 rings (SSSR count). The van der Waals surface area contributed by atoms with Crippen LogP contribution in [0.5, 0.6) is 0 Å². The molecule has 0 spiro atoms. The molecule has 0 unspecified atom stereocenters. The van der Waals surface area contributed by atoms with Crippen LogP contribution >= 0.6 is 0 Å². The van der Waals surface area contributed by atoms with Gasteiger partial charge in [0.2, 0.25) is 0 Å². The van der Waals surface area contributed by atoms with Crippen LogP contribution in [-0.4, -0.2) is 31.9 Å². The van der Waals surface area contributed by atoms with E-state index in [0.717, 1.165) is 18.8 Å². The Morgan fingerprint density at radius 1 is 1.04 bits per heavy atom. The molecule has 0 fully saturated rings. The zero-order valence-electron chi connectivity index (χ0n) is 18.4. The van der Waals surface area contributed by atoms with Crippen LogP contribution in [0.3, 0.4) is 0 Å². The van der Waals surface area contributed by atoms with Crippen molar-refractivity contribution < 1.29 is 0 Å². The van der Waals surface area contributed by atoms with Gasteiger partial charge in [-0.3, -0.25) is 4.99 Å². The summed E-state index contributed by atoms with van der Waals surface area (Å²) in [6.07, 6.45) is 4.34. The highest BCUT2D eigenvalue weighted by atomic mass is 15.2. The SMILES string of the molecule is CCN(CC)c1ccc(N=Cc2cc3c(cc2C)N(C)C(C)(C)C=C3C)cc1. The van der Waals surface area contributed by atoms with Crippen LogP contribution in [0, 0.1) is 6.92 Å². The minimum Gasteiger partial charge on any atom is -0.372 e. The van der Waals surface area contributed by atoms with Crippen molar-refractivity contribution in [1.82, 2.24) is 0 Å². The second-order valence-electron chi connectivity index (χ2n) is 8.21. The van der Waals surface area contributed by atoms with Gasteiger partial charge in [-0.15, -0.1) is 0 Å². The summed E-state index contributed by atoms with van der Waals surface area (Å²) in [7, 11) is 2.17. The highest BCUT2D eigenvalue weighted by Gasteiger charge is 2.28. The minimum atomic E-state index is 0.0335. The van der Waals surface area contributed by atoms with E-state index >= 15 is 0 Å². The molecule has 3 heteroatoms. The lowest BCUT2D eigenvalue weighted by molar-refractivity contribution is 0.597. The number of rotatable bonds is 5. The predicted octanol–water partition coefficient (Wildman–Crippen LogP) is 6.22. The molecule has 0 saturated heterocycles. The van der Waals surface area contributed by atoms with Crippen LogP contribution in [0.2, 0.25) is 0 Å². The molecule has 1 aliphatic rings. The van der Waals surface area contributed by atoms with E-state index in [-0.39, 0.29) is 5.54 Å². The van der Waals surface area contributed by atoms with Gasteiger partial charge in [0.25, 0.3) is 0 Å². The van der Waals surface area contributed by atoms with E-state index in [1.54, 1.807) is 0 Å². The maximum absolute atomic E-state index is 4.73. The molecule has 148 valence electrons. The molecule has 1 aliphatic heterocycles. The lowest BCUT2D eigenvalue weighted by atomic mass is 9.87. The van der Waals surface area contributed by atoms with Crippen LogP contribution < -0.4 is 9.80 Å². The van der Waals surface area contributed by atoms with Gasteiger partial charge in [0.1, 0.15) is 0 Å². The van der Waals surface area contributed by atoms with Crippen LogP contribution in [0.25, 0.3) is 5.57 Å². The van der Waals surface area contributed by atoms with Gasteiger partial charge in [-0.1, -0.05) is 6.08 Å². The second-order valence-corrected chi connectivity index (χ2v) is 8.21. The zero-order chi connectivity index (χ0) is 20.5. The Bertz CT molecular complexity index is 900. The fraction of sp³-hybridized carbons (Fsp3) is 0.400. The molecule has 0 aromatic heterocycles. The molecule has 0 saturated carbocycles. The number of aryl methyl sites for hydroxylation is 1. The van der Waals surface area contributed by atoms with Crippen molar-refractivity contribution in [2.45, 2.75) is 47.1 Å². The molecule has 0 atom stereocenters. The molecule has 28 heavy (non-hydrogen) atoms. The summed E-state index contributed by atoms with van der Waals surface area (Å²) in [5.74, 6) is 0. The number of likely N-dealkylation sites (N-methyl/N-ethyl adjacent to an activating group) is 1. The first kappa shape index (κ1) is 20.2. The monoisotopic (exact) mass is 375 g/mol. The van der Waals surface area contributed by atoms with E-state index < -0.39 is 0 Å². The molecule has 3 nitrogen and oxygen atoms in total. The van der Waals surface area contributed by atoms with Crippen LogP contribution in [0.4, 0.5) is 17.1 Å². The Kier molecular flexibility index (Phi) is 5.64. The average Bonchev–Trinajstić information content (AvgIpc) is 2.66. The number of benzene rings is 2. The van der Waals surface area contributed by atoms with Gasteiger partial charge >= 0.3 is 0 Å². The third kappa shape index (κ3) is 3.84. The Labute approximate surface area is 170 Å². The number of fused-ring (bicyclic) bond motifs is 1. The highest BCUT2D eigenvalue weighted by Crippen LogP contribution is 2.39. The Balaban J connectivity index is 1.89. The van der Waals surface area contributed by atoms with Crippen molar-refractivity contribution in [3.05, 3.63) is 59.2 Å². The average molecular weight is 376 g/mol. The van der Waals surface area contributed by atoms with E-state index in [0.29, 0.717) is 0 Å². The fourth-order valence-electron chi connectivity index (χ4n) is 3.94. The summed E-state index contributed by atoms with van der Waals surface area (Å²) in [5.41, 5.74) is 8.61. The minimum absolute atomic E-state index is 0.0335. The lowest BCUT2D eigenvalue weighted by Gasteiger charge is -2.41. The van der Waals surface area contributed by atoms with Crippen molar-refractivity contribution >= 4 is 28.8 Å². The smallest absolute Gasteiger partial charge is 0.0631 e. The molecule has 2 aromatic carbocycles. The van der Waals surface area contributed by atoms with E-state index in [9.17, 15) is 0 Å². The number of aliphatic imine (C=N–C) groups is 1. The van der Waals surface area contributed by atoms with Crippen molar-refractivity contribution in [1.29, 1.82) is 0 Å². The van der Waals surface area contributed by atoms with Crippen molar-refractivity contribution in [2.24, 2.45) is 4.99 Å². The quantitative estimate of drug-likeness (QED) is 0.577. The van der Waals surface area contributed by atoms with Crippen molar-refractivity contribution in [3.63, 3.8) is 0 Å². The normalized spacial score (nSPS) is 15.5. The Hall–Kier alpha value is -2.55. The summed E-state index contributed by atoms with van der Waals surface area (Å²) in [6, 6.07) is 13.1. The summed E-state index contributed by atoms with van der Waals surface area (Å²) in [4.78, 5) is 9.43. The number of allylic oxidation sites excluding steroid dienone is 1. The van der Waals surface area contributed by atoms with Gasteiger partial charge in [0.05, 0.1) is 11.2 Å². The highest BCUT2D eigenvalue weighted by molar-refractivity contribution is 5.90. The third-order valence-corrected chi connectivity index (χ3v) is 5.94. The predicted molar refractivity (Wildman–Crippen MR) is 125 cm³/mol. The van der Waals surface area contributed by atoms with Gasteiger partial charge in [0, 0.05) is 43.3 Å². The first-order chi connectivity index (χ1) is 13.3. The van der Waals surface area contributed by atoms with Crippen LogP contribution in [0.15, 0.2) is 47.5 Å². The Morgan fingerprint density at radius 3 is 2.29 bits per heavy atom. The molecule has 0 aliphatic carbocycles. The molecule has 0 bridgehead atoms. The van der Waals surface area contributed by atoms with E-state index in [1.165, 1.54) is 33.6 Å². The molecule has 1 heterocycles. The third-order valence-electron chi connectivity index (χ3n) is 5.94. The largest absolute Gasteiger partial charge is 0.372 e. The number of hydrogen-bond acceptors (Lipinski definition) is 3. The van der Waals surface area contributed by atoms with Gasteiger partial charge in [-0.05, 0) is 94.6 Å². The van der Waals surface area contributed by atoms with Crippen molar-refractivity contribution in [2.75, 3.05) is 29.9 Å². The zero-order valence-corrected chi connectivity index (χ0v) is 18.4. The summed E-state index contributed by atoms with van der Waals surface area (Å²) in [6.45, 7) is 15.3. The van der Waals surface area contributed by atoms with Crippen LogP contribution in [-0.2, 0) is 0 Å². The summed E-state index contributed by atoms with van der Waals surface area (Å²) >= 11 is 0. The van der Waals surface area contributed by atoms with Gasteiger partial charge in [0.15, 0.2) is 0 Å². The first-order valence-corrected chi connectivity index (χ1v) is 10.2. The number of anilines is 2. The standard InChI is InChI=1S/C25H33N3/c1-8-28(9-2)22-12-10-21(11-13-22)26-17-20-15-23-19(4)16-25(5,6)27(7)24(23)14-18(20)3/h10-17H,8-9H2,1-7H3. The Morgan fingerprint density at radius 2 is 1.68 bits per heavy atom. The number of nitrogens with zero attached hydrogens (tertiary/aromatic N) is 3. The van der Waals surface area contributed by atoms with E-state index in [1.807, 2.05) is 6.21 Å². The molecule has 0 amide bonds. The maximum atomic E-state index is 4.73. The second kappa shape index (κ2) is 7.83. The molecule has 2 aromatic rings. The first-order valence-electron chi connectivity index (χ1n) is 10.2. The topological polar surface area (TPSA) is 18.8 Å². The summed E-state index contributed by atoms with van der Waals surface area (Å²) in [5, 5.41) is 0. The fourth-order valence-corrected chi connectivity index (χ4v) is 3.94. The van der Waals surface area contributed by atoms with E-state index in [4.69, 9.17) is 4.99 Å². The van der Waals surface area contributed by atoms with Crippen LogP contribution in [0.1, 0.15) is 51.3 Å². The summed E-state index contributed by atoms with van der Waals surface area (Å²) < 4.78 is 0. The maximum Gasteiger partial charge on any atom is 0.0631 e. The molecular formula is C25H33N3. The molecule has 0 radical (unpaired) electrons. The van der Waals surface area contributed by atoms with Gasteiger partial charge < -0.3 is 9.80 Å². The molecular weight excluding hydrogens is 342 g/mol. The van der Waals surface area contributed by atoms with Gasteiger partial charge in [-0.25, -0.2) is 0 Å². The van der Waals surface area contributed by atoms with Gasteiger partial charge in [-0.2, -0.15) is 0 Å². The lowest BCUT2D eigenvalue weighted by Crippen LogP contribution is -2.42. The number of hydrogen-bond donors (Lipinski definition) is 0. The molecule has 0 N–H and O–H groups in total. The van der Waals surface area contributed by atoms with E-state index in [2.05, 4.69) is 101 Å².